The maximum Gasteiger partial charge on any atom is 0.248 e. The lowest BCUT2D eigenvalue weighted by atomic mass is 10.1. The summed E-state index contributed by atoms with van der Waals surface area (Å²) in [5.74, 6) is 0.0193. The first-order chi connectivity index (χ1) is 15.0. The Balaban J connectivity index is 1.54. The van der Waals surface area contributed by atoms with Crippen LogP contribution in [-0.4, -0.2) is 32.0 Å². The van der Waals surface area contributed by atoms with Gasteiger partial charge in [0.2, 0.25) is 11.8 Å². The third-order valence-electron chi connectivity index (χ3n) is 5.48. The molecule has 0 atom stereocenters. The van der Waals surface area contributed by atoms with Crippen molar-refractivity contribution < 1.29 is 14.3 Å². The summed E-state index contributed by atoms with van der Waals surface area (Å²) in [6.45, 7) is 1.85. The van der Waals surface area contributed by atoms with Crippen molar-refractivity contribution in [2.75, 3.05) is 30.4 Å². The minimum absolute atomic E-state index is 0.267. The van der Waals surface area contributed by atoms with E-state index in [0.29, 0.717) is 11.3 Å². The normalized spacial score (nSPS) is 13.6. The molecule has 1 aliphatic rings. The van der Waals surface area contributed by atoms with Gasteiger partial charge >= 0.3 is 0 Å². The van der Waals surface area contributed by atoms with Crippen LogP contribution in [0, 0.1) is 0 Å². The number of fused-ring (bicyclic) bond motifs is 1. The number of rotatable bonds is 6. The van der Waals surface area contributed by atoms with Gasteiger partial charge in [-0.3, -0.25) is 9.59 Å². The number of carbonyl (C=O) groups excluding carboxylic acids is 2. The Labute approximate surface area is 181 Å². The summed E-state index contributed by atoms with van der Waals surface area (Å²) in [5, 5.41) is 5.05. The second-order valence-corrected chi connectivity index (χ2v) is 7.59. The van der Waals surface area contributed by atoms with Gasteiger partial charge in [0.15, 0.2) is 0 Å². The number of nitrogens with two attached hydrogens (primary N) is 1. The number of nitrogens with one attached hydrogen (secondary N) is 1. The molecular weight excluding hydrogens is 390 g/mol. The first-order valence-electron chi connectivity index (χ1n) is 10.3. The minimum Gasteiger partial charge on any atom is -0.497 e. The first-order valence-corrected chi connectivity index (χ1v) is 10.3. The lowest BCUT2D eigenvalue weighted by Gasteiger charge is -2.21. The van der Waals surface area contributed by atoms with E-state index in [0.717, 1.165) is 53.7 Å². The number of amides is 2. The summed E-state index contributed by atoms with van der Waals surface area (Å²) in [7, 11) is 1.64. The van der Waals surface area contributed by atoms with Crippen molar-refractivity contribution in [2.24, 2.45) is 5.73 Å². The highest BCUT2D eigenvalue weighted by atomic mass is 16.5. The van der Waals surface area contributed by atoms with Crippen LogP contribution in [0.15, 0.2) is 60.7 Å². The molecule has 0 bridgehead atoms. The monoisotopic (exact) mass is 415 g/mol. The van der Waals surface area contributed by atoms with E-state index in [9.17, 15) is 9.59 Å². The number of benzene rings is 3. The summed E-state index contributed by atoms with van der Waals surface area (Å²) in [4.78, 5) is 26.4. The predicted molar refractivity (Wildman–Crippen MR) is 125 cm³/mol. The van der Waals surface area contributed by atoms with Crippen LogP contribution < -0.4 is 20.7 Å². The van der Waals surface area contributed by atoms with Crippen molar-refractivity contribution in [1.82, 2.24) is 0 Å². The zero-order chi connectivity index (χ0) is 21.8. The molecule has 1 saturated heterocycles. The van der Waals surface area contributed by atoms with E-state index in [2.05, 4.69) is 10.2 Å². The van der Waals surface area contributed by atoms with Gasteiger partial charge in [0.05, 0.1) is 18.5 Å². The number of methoxy groups -OCH3 is 1. The number of anilines is 2. The maximum atomic E-state index is 12.6. The van der Waals surface area contributed by atoms with Gasteiger partial charge in [-0.25, -0.2) is 0 Å². The Kier molecular flexibility index (Phi) is 5.89. The lowest BCUT2D eigenvalue weighted by Crippen LogP contribution is -2.21. The fourth-order valence-electron chi connectivity index (χ4n) is 3.84. The van der Waals surface area contributed by atoms with Crippen molar-refractivity contribution in [3.05, 3.63) is 71.8 Å². The standard InChI is InChI=1S/C25H25N3O3/c1-31-21-9-7-18-14-17(4-6-19(18)15-21)5-11-24(29)27-22-16-20(25(26)30)8-10-23(22)28-12-2-3-13-28/h4-11,14-16H,2-3,12-13H2,1H3,(H2,26,30)(H,27,29)/b11-5+. The smallest absolute Gasteiger partial charge is 0.248 e. The molecule has 0 aromatic heterocycles. The van der Waals surface area contributed by atoms with Gasteiger partial charge in [0.1, 0.15) is 5.75 Å². The van der Waals surface area contributed by atoms with Gasteiger partial charge in [-0.2, -0.15) is 0 Å². The maximum absolute atomic E-state index is 12.6. The van der Waals surface area contributed by atoms with Crippen LogP contribution in [0.1, 0.15) is 28.8 Å². The fourth-order valence-corrected chi connectivity index (χ4v) is 3.84. The SMILES string of the molecule is COc1ccc2cc(/C=C/C(=O)Nc3cc(C(N)=O)ccc3N3CCCC3)ccc2c1. The van der Waals surface area contributed by atoms with Gasteiger partial charge in [-0.15, -0.1) is 0 Å². The Morgan fingerprint density at radius 2 is 1.74 bits per heavy atom. The van der Waals surface area contributed by atoms with E-state index in [-0.39, 0.29) is 5.91 Å². The van der Waals surface area contributed by atoms with Crippen LogP contribution in [0.2, 0.25) is 0 Å². The predicted octanol–water partition coefficient (Wildman–Crippen LogP) is 4.20. The Morgan fingerprint density at radius 3 is 2.48 bits per heavy atom. The van der Waals surface area contributed by atoms with Crippen LogP contribution >= 0.6 is 0 Å². The number of carbonyl (C=O) groups is 2. The second kappa shape index (κ2) is 8.92. The van der Waals surface area contributed by atoms with Gasteiger partial charge in [0, 0.05) is 24.7 Å². The Hall–Kier alpha value is -3.80. The highest BCUT2D eigenvalue weighted by Crippen LogP contribution is 2.30. The number of hydrogen-bond donors (Lipinski definition) is 2. The zero-order valence-corrected chi connectivity index (χ0v) is 17.4. The zero-order valence-electron chi connectivity index (χ0n) is 17.4. The summed E-state index contributed by atoms with van der Waals surface area (Å²) in [5.41, 5.74) is 8.21. The van der Waals surface area contributed by atoms with E-state index < -0.39 is 5.91 Å². The molecule has 31 heavy (non-hydrogen) atoms. The first kappa shape index (κ1) is 20.5. The van der Waals surface area contributed by atoms with Crippen molar-refractivity contribution in [3.63, 3.8) is 0 Å². The second-order valence-electron chi connectivity index (χ2n) is 7.59. The summed E-state index contributed by atoms with van der Waals surface area (Å²) >= 11 is 0. The largest absolute Gasteiger partial charge is 0.497 e. The molecule has 1 aliphatic heterocycles. The summed E-state index contributed by atoms with van der Waals surface area (Å²) in [6, 6.07) is 17.0. The van der Waals surface area contributed by atoms with Crippen molar-refractivity contribution >= 4 is 40.0 Å². The van der Waals surface area contributed by atoms with Gasteiger partial charge in [-0.05, 0) is 71.7 Å². The molecule has 2 amide bonds. The molecule has 3 N–H and O–H groups in total. The quantitative estimate of drug-likeness (QED) is 0.591. The van der Waals surface area contributed by atoms with E-state index in [1.807, 2.05) is 42.5 Å². The molecule has 6 heteroatoms. The topological polar surface area (TPSA) is 84.7 Å². The fraction of sp³-hybridized carbons (Fsp3) is 0.200. The molecule has 4 rings (SSSR count). The molecule has 6 nitrogen and oxygen atoms in total. The highest BCUT2D eigenvalue weighted by molar-refractivity contribution is 6.05. The van der Waals surface area contributed by atoms with Crippen molar-refractivity contribution in [1.29, 1.82) is 0 Å². The molecule has 3 aromatic rings. The molecule has 0 saturated carbocycles. The minimum atomic E-state index is -0.521. The van der Waals surface area contributed by atoms with Gasteiger partial charge in [0.25, 0.3) is 0 Å². The number of hydrogen-bond acceptors (Lipinski definition) is 4. The molecule has 0 aliphatic carbocycles. The average Bonchev–Trinajstić information content (AvgIpc) is 3.31. The van der Waals surface area contributed by atoms with E-state index in [1.54, 1.807) is 25.3 Å². The molecule has 0 spiro atoms. The van der Waals surface area contributed by atoms with Crippen LogP contribution in [0.4, 0.5) is 11.4 Å². The molecule has 0 radical (unpaired) electrons. The Morgan fingerprint density at radius 1 is 1.00 bits per heavy atom. The van der Waals surface area contributed by atoms with E-state index in [1.165, 1.54) is 6.08 Å². The summed E-state index contributed by atoms with van der Waals surface area (Å²) in [6.07, 6.45) is 5.49. The number of ether oxygens (including phenoxy) is 1. The molecule has 0 unspecified atom stereocenters. The Bertz CT molecular complexity index is 1160. The molecular formula is C25H25N3O3. The third-order valence-corrected chi connectivity index (χ3v) is 5.48. The van der Waals surface area contributed by atoms with Crippen molar-refractivity contribution in [2.45, 2.75) is 12.8 Å². The van der Waals surface area contributed by atoms with Crippen LogP contribution in [0.3, 0.4) is 0 Å². The third kappa shape index (κ3) is 4.69. The highest BCUT2D eigenvalue weighted by Gasteiger charge is 2.18. The average molecular weight is 415 g/mol. The van der Waals surface area contributed by atoms with E-state index >= 15 is 0 Å². The van der Waals surface area contributed by atoms with Gasteiger partial charge in [-0.1, -0.05) is 18.2 Å². The van der Waals surface area contributed by atoms with Crippen LogP contribution in [-0.2, 0) is 4.79 Å². The van der Waals surface area contributed by atoms with Crippen molar-refractivity contribution in [3.8, 4) is 5.75 Å². The number of nitrogens with zero attached hydrogens (tertiary/aromatic N) is 1. The molecule has 1 fully saturated rings. The van der Waals surface area contributed by atoms with Crippen LogP contribution in [0.5, 0.6) is 5.75 Å². The number of primary amides is 1. The van der Waals surface area contributed by atoms with Crippen LogP contribution in [0.25, 0.3) is 16.8 Å². The molecule has 1 heterocycles. The molecule has 158 valence electrons. The van der Waals surface area contributed by atoms with E-state index in [4.69, 9.17) is 10.5 Å². The lowest BCUT2D eigenvalue weighted by molar-refractivity contribution is -0.111. The molecule has 3 aromatic carbocycles. The van der Waals surface area contributed by atoms with Gasteiger partial charge < -0.3 is 20.7 Å². The summed E-state index contributed by atoms with van der Waals surface area (Å²) < 4.78 is 5.26.